The zero-order valence-corrected chi connectivity index (χ0v) is 13.2. The molecule has 0 aliphatic rings. The highest BCUT2D eigenvalue weighted by molar-refractivity contribution is 7.99. The van der Waals surface area contributed by atoms with Crippen molar-refractivity contribution in [3.63, 3.8) is 0 Å². The van der Waals surface area contributed by atoms with Crippen LogP contribution in [0, 0.1) is 0 Å². The van der Waals surface area contributed by atoms with E-state index in [1.807, 2.05) is 12.1 Å². The lowest BCUT2D eigenvalue weighted by atomic mass is 10.2. The lowest BCUT2D eigenvalue weighted by Gasteiger charge is -2.00. The Morgan fingerprint density at radius 2 is 2.24 bits per heavy atom. The van der Waals surface area contributed by atoms with Crippen LogP contribution in [-0.2, 0) is 16.0 Å². The number of anilines is 1. The monoisotopic (exact) mass is 324 g/mol. The largest absolute Gasteiger partial charge is 0.481 e. The average molecular weight is 324 g/mol. The molecule has 2 rings (SSSR count). The predicted octanol–water partition coefficient (Wildman–Crippen LogP) is 3.01. The van der Waals surface area contributed by atoms with Crippen molar-refractivity contribution in [1.29, 1.82) is 0 Å². The maximum atomic E-state index is 11.7. The number of thiazole rings is 1. The van der Waals surface area contributed by atoms with E-state index >= 15 is 0 Å². The zero-order valence-electron chi connectivity index (χ0n) is 11.6. The van der Waals surface area contributed by atoms with Crippen LogP contribution in [0.4, 0.5) is 5.13 Å². The molecule has 0 radical (unpaired) electrons. The molecule has 112 valence electrons. The summed E-state index contributed by atoms with van der Waals surface area (Å²) in [7, 11) is 0. The van der Waals surface area contributed by atoms with Gasteiger partial charge in [0, 0.05) is 5.75 Å². The molecule has 0 saturated carbocycles. The molecule has 7 heteroatoms. The number of thioether (sulfide) groups is 1. The van der Waals surface area contributed by atoms with Crippen molar-refractivity contribution in [3.05, 3.63) is 23.8 Å². The first kappa shape index (κ1) is 15.8. The molecule has 0 bridgehead atoms. The Bertz CT molecular complexity index is 655. The summed E-state index contributed by atoms with van der Waals surface area (Å²) in [6.07, 6.45) is 1.02. The molecule has 1 heterocycles. The van der Waals surface area contributed by atoms with E-state index in [1.165, 1.54) is 28.7 Å². The molecule has 5 nitrogen and oxygen atoms in total. The molecule has 0 fully saturated rings. The number of amides is 1. The Kier molecular flexibility index (Phi) is 5.58. The molecule has 0 atom stereocenters. The summed E-state index contributed by atoms with van der Waals surface area (Å²) in [5, 5.41) is 11.9. The van der Waals surface area contributed by atoms with Gasteiger partial charge in [-0.25, -0.2) is 4.98 Å². The van der Waals surface area contributed by atoms with E-state index < -0.39 is 5.97 Å². The number of aromatic nitrogens is 1. The first-order valence-electron chi connectivity index (χ1n) is 6.57. The summed E-state index contributed by atoms with van der Waals surface area (Å²) in [6.45, 7) is 2.09. The van der Waals surface area contributed by atoms with Gasteiger partial charge >= 0.3 is 5.97 Å². The number of fused-ring (bicyclic) bond motifs is 1. The molecular formula is C14H16N2O3S2. The van der Waals surface area contributed by atoms with Crippen molar-refractivity contribution in [2.75, 3.05) is 16.8 Å². The first-order valence-corrected chi connectivity index (χ1v) is 8.54. The number of aryl methyl sites for hydroxylation is 1. The second-order valence-corrected chi connectivity index (χ2v) is 6.55. The number of nitrogens with zero attached hydrogens (tertiary/aromatic N) is 1. The fourth-order valence-corrected chi connectivity index (χ4v) is 3.31. The predicted molar refractivity (Wildman–Crippen MR) is 87.2 cm³/mol. The van der Waals surface area contributed by atoms with Crippen LogP contribution in [0.2, 0.25) is 0 Å². The summed E-state index contributed by atoms with van der Waals surface area (Å²) in [4.78, 5) is 26.5. The second-order valence-electron chi connectivity index (χ2n) is 4.42. The number of carboxylic acids is 1. The molecule has 1 amide bonds. The van der Waals surface area contributed by atoms with E-state index in [9.17, 15) is 9.59 Å². The van der Waals surface area contributed by atoms with Crippen molar-refractivity contribution in [2.24, 2.45) is 0 Å². The summed E-state index contributed by atoms with van der Waals surface area (Å²) < 4.78 is 1.04. The minimum Gasteiger partial charge on any atom is -0.481 e. The van der Waals surface area contributed by atoms with Crippen LogP contribution in [0.5, 0.6) is 0 Å². The number of carbonyl (C=O) groups is 2. The molecule has 2 aromatic rings. The van der Waals surface area contributed by atoms with Gasteiger partial charge < -0.3 is 10.4 Å². The third kappa shape index (κ3) is 4.71. The Morgan fingerprint density at radius 3 is 2.95 bits per heavy atom. The van der Waals surface area contributed by atoms with E-state index in [2.05, 4.69) is 23.3 Å². The minimum atomic E-state index is -0.846. The second kappa shape index (κ2) is 7.42. The summed E-state index contributed by atoms with van der Waals surface area (Å²) in [6, 6.07) is 6.11. The van der Waals surface area contributed by atoms with Gasteiger partial charge in [0.25, 0.3) is 0 Å². The van der Waals surface area contributed by atoms with E-state index in [-0.39, 0.29) is 18.1 Å². The van der Waals surface area contributed by atoms with Gasteiger partial charge in [0.15, 0.2) is 5.13 Å². The van der Waals surface area contributed by atoms with Gasteiger partial charge in [0.05, 0.1) is 22.4 Å². The lowest BCUT2D eigenvalue weighted by molar-refractivity contribution is -0.136. The third-order valence-electron chi connectivity index (χ3n) is 2.80. The van der Waals surface area contributed by atoms with Crippen LogP contribution in [0.3, 0.4) is 0 Å². The zero-order chi connectivity index (χ0) is 15.2. The molecule has 0 aliphatic carbocycles. The van der Waals surface area contributed by atoms with Gasteiger partial charge in [-0.15, -0.1) is 0 Å². The highest BCUT2D eigenvalue weighted by atomic mass is 32.2. The molecule has 2 N–H and O–H groups in total. The van der Waals surface area contributed by atoms with Gasteiger partial charge in [-0.05, 0) is 24.1 Å². The number of rotatable bonds is 7. The average Bonchev–Trinajstić information content (AvgIpc) is 2.84. The normalized spacial score (nSPS) is 10.7. The molecular weight excluding hydrogens is 308 g/mol. The van der Waals surface area contributed by atoms with Gasteiger partial charge in [-0.3, -0.25) is 9.59 Å². The highest BCUT2D eigenvalue weighted by Gasteiger charge is 2.08. The van der Waals surface area contributed by atoms with E-state index in [1.54, 1.807) is 0 Å². The fourth-order valence-electron chi connectivity index (χ4n) is 1.73. The van der Waals surface area contributed by atoms with Crippen molar-refractivity contribution in [3.8, 4) is 0 Å². The number of carbonyl (C=O) groups excluding carboxylic acids is 1. The number of hydrogen-bond donors (Lipinski definition) is 2. The Hall–Kier alpha value is -1.60. The molecule has 1 aromatic heterocycles. The maximum Gasteiger partial charge on any atom is 0.304 e. The van der Waals surface area contributed by atoms with Crippen LogP contribution in [-0.4, -0.2) is 33.5 Å². The first-order chi connectivity index (χ1) is 10.1. The SMILES string of the molecule is CCc1ccc2sc(NC(=O)CSCCC(=O)O)nc2c1. The molecule has 21 heavy (non-hydrogen) atoms. The van der Waals surface area contributed by atoms with E-state index in [4.69, 9.17) is 5.11 Å². The standard InChI is InChI=1S/C14H16N2O3S2/c1-2-9-3-4-11-10(7-9)15-14(21-11)16-12(17)8-20-6-5-13(18)19/h3-4,7H,2,5-6,8H2,1H3,(H,18,19)(H,15,16,17). The smallest absolute Gasteiger partial charge is 0.304 e. The molecule has 0 spiro atoms. The number of aliphatic carboxylic acids is 1. The number of benzene rings is 1. The molecule has 0 unspecified atom stereocenters. The fraction of sp³-hybridized carbons (Fsp3) is 0.357. The van der Waals surface area contributed by atoms with Crippen molar-refractivity contribution < 1.29 is 14.7 Å². The quantitative estimate of drug-likeness (QED) is 0.765. The topological polar surface area (TPSA) is 79.3 Å². The summed E-state index contributed by atoms with van der Waals surface area (Å²) in [5.41, 5.74) is 2.11. The van der Waals surface area contributed by atoms with Crippen LogP contribution < -0.4 is 5.32 Å². The molecule has 0 saturated heterocycles. The Balaban J connectivity index is 1.90. The third-order valence-corrected chi connectivity index (χ3v) is 4.71. The lowest BCUT2D eigenvalue weighted by Crippen LogP contribution is -2.14. The number of nitrogens with one attached hydrogen (secondary N) is 1. The van der Waals surface area contributed by atoms with Crippen LogP contribution in [0.25, 0.3) is 10.2 Å². The maximum absolute atomic E-state index is 11.7. The van der Waals surface area contributed by atoms with Gasteiger partial charge in [0.2, 0.25) is 5.91 Å². The molecule has 0 aliphatic heterocycles. The molecule has 1 aromatic carbocycles. The van der Waals surface area contributed by atoms with Gasteiger partial charge in [0.1, 0.15) is 0 Å². The van der Waals surface area contributed by atoms with Gasteiger partial charge in [-0.1, -0.05) is 24.3 Å². The number of hydrogen-bond acceptors (Lipinski definition) is 5. The van der Waals surface area contributed by atoms with E-state index in [0.29, 0.717) is 10.9 Å². The van der Waals surface area contributed by atoms with Crippen LogP contribution in [0.15, 0.2) is 18.2 Å². The van der Waals surface area contributed by atoms with Crippen molar-refractivity contribution >= 4 is 50.3 Å². The highest BCUT2D eigenvalue weighted by Crippen LogP contribution is 2.26. The summed E-state index contributed by atoms with van der Waals surface area (Å²) in [5.74, 6) is -0.327. The minimum absolute atomic E-state index is 0.0683. The van der Waals surface area contributed by atoms with Gasteiger partial charge in [-0.2, -0.15) is 11.8 Å². The Labute approximate surface area is 130 Å². The van der Waals surface area contributed by atoms with Crippen molar-refractivity contribution in [2.45, 2.75) is 19.8 Å². The van der Waals surface area contributed by atoms with Crippen LogP contribution >= 0.6 is 23.1 Å². The summed E-state index contributed by atoms with van der Waals surface area (Å²) >= 11 is 2.75. The van der Waals surface area contributed by atoms with Crippen molar-refractivity contribution in [1.82, 2.24) is 4.98 Å². The number of carboxylic acid groups (broad SMARTS) is 1. The Morgan fingerprint density at radius 1 is 1.43 bits per heavy atom. The van der Waals surface area contributed by atoms with E-state index in [0.717, 1.165) is 16.6 Å². The van der Waals surface area contributed by atoms with Crippen LogP contribution in [0.1, 0.15) is 18.9 Å².